The molecule has 2 N–H and O–H groups in total. The monoisotopic (exact) mass is 334 g/mol. The molecule has 0 spiro atoms. The van der Waals surface area contributed by atoms with E-state index in [1.165, 1.54) is 0 Å². The highest BCUT2D eigenvalue weighted by Crippen LogP contribution is 2.16. The lowest BCUT2D eigenvalue weighted by atomic mass is 10.3. The van der Waals surface area contributed by atoms with Gasteiger partial charge in [-0.3, -0.25) is 4.79 Å². The number of halogens is 1. The maximum absolute atomic E-state index is 11.5. The molecule has 0 heterocycles. The molecule has 0 atom stereocenters. The molecule has 1 rings (SSSR count). The Morgan fingerprint density at radius 3 is 2.88 bits per heavy atom. The zero-order valence-electron chi connectivity index (χ0n) is 9.13. The van der Waals surface area contributed by atoms with Crippen molar-refractivity contribution in [2.24, 2.45) is 0 Å². The van der Waals surface area contributed by atoms with Gasteiger partial charge in [-0.25, -0.2) is 0 Å². The van der Waals surface area contributed by atoms with Crippen molar-refractivity contribution in [1.82, 2.24) is 5.32 Å². The largest absolute Gasteiger partial charge is 0.383 e. The van der Waals surface area contributed by atoms with Gasteiger partial charge in [0.25, 0.3) is 0 Å². The van der Waals surface area contributed by atoms with E-state index in [4.69, 9.17) is 4.74 Å². The number of ether oxygens (including phenoxy) is 1. The SMILES string of the molecule is COCCNCC(=O)Nc1ccccc1I. The summed E-state index contributed by atoms with van der Waals surface area (Å²) in [5, 5.41) is 5.82. The summed E-state index contributed by atoms with van der Waals surface area (Å²) in [5.74, 6) is -0.0415. The third-order valence-electron chi connectivity index (χ3n) is 1.92. The van der Waals surface area contributed by atoms with Crippen LogP contribution in [0.5, 0.6) is 0 Å². The van der Waals surface area contributed by atoms with Gasteiger partial charge in [0.2, 0.25) is 5.91 Å². The first-order valence-corrected chi connectivity index (χ1v) is 6.06. The molecule has 5 heteroatoms. The second-order valence-corrected chi connectivity index (χ2v) is 4.36. The van der Waals surface area contributed by atoms with Gasteiger partial charge in [-0.1, -0.05) is 12.1 Å². The summed E-state index contributed by atoms with van der Waals surface area (Å²) >= 11 is 2.19. The van der Waals surface area contributed by atoms with Gasteiger partial charge in [0.1, 0.15) is 0 Å². The van der Waals surface area contributed by atoms with Crippen molar-refractivity contribution >= 4 is 34.2 Å². The topological polar surface area (TPSA) is 50.4 Å². The van der Waals surface area contributed by atoms with E-state index in [0.29, 0.717) is 19.7 Å². The van der Waals surface area contributed by atoms with Gasteiger partial charge in [-0.15, -0.1) is 0 Å². The van der Waals surface area contributed by atoms with Crippen molar-refractivity contribution in [1.29, 1.82) is 0 Å². The Morgan fingerprint density at radius 2 is 2.19 bits per heavy atom. The molecule has 88 valence electrons. The molecule has 16 heavy (non-hydrogen) atoms. The molecule has 0 radical (unpaired) electrons. The molecule has 0 aromatic heterocycles. The number of carbonyl (C=O) groups is 1. The van der Waals surface area contributed by atoms with Crippen LogP contribution >= 0.6 is 22.6 Å². The maximum atomic E-state index is 11.5. The number of hydrogen-bond acceptors (Lipinski definition) is 3. The molecule has 1 aromatic carbocycles. The van der Waals surface area contributed by atoms with Crippen LogP contribution in [-0.4, -0.2) is 32.7 Å². The lowest BCUT2D eigenvalue weighted by Crippen LogP contribution is -2.30. The molecule has 0 saturated heterocycles. The van der Waals surface area contributed by atoms with E-state index in [9.17, 15) is 4.79 Å². The van der Waals surface area contributed by atoms with Gasteiger partial charge in [-0.2, -0.15) is 0 Å². The molecule has 0 aliphatic heterocycles. The third kappa shape index (κ3) is 4.91. The Bertz CT molecular complexity index is 345. The van der Waals surface area contributed by atoms with Gasteiger partial charge in [0.15, 0.2) is 0 Å². The standard InChI is InChI=1S/C11H15IN2O2/c1-16-7-6-13-8-11(15)14-10-5-3-2-4-9(10)12/h2-5,13H,6-8H2,1H3,(H,14,15). The molecule has 4 nitrogen and oxygen atoms in total. The molecule has 0 aliphatic carbocycles. The first kappa shape index (κ1) is 13.4. The molecule has 0 aliphatic rings. The summed E-state index contributed by atoms with van der Waals surface area (Å²) in [4.78, 5) is 11.5. The van der Waals surface area contributed by atoms with Crippen LogP contribution in [0.25, 0.3) is 0 Å². The van der Waals surface area contributed by atoms with Crippen LogP contribution in [-0.2, 0) is 9.53 Å². The van der Waals surface area contributed by atoms with Crippen molar-refractivity contribution in [2.45, 2.75) is 0 Å². The number of nitrogens with one attached hydrogen (secondary N) is 2. The zero-order chi connectivity index (χ0) is 11.8. The fourth-order valence-electron chi connectivity index (χ4n) is 1.13. The van der Waals surface area contributed by atoms with Crippen LogP contribution in [0.4, 0.5) is 5.69 Å². The van der Waals surface area contributed by atoms with Gasteiger partial charge in [0, 0.05) is 17.2 Å². The second kappa shape index (κ2) is 7.59. The number of rotatable bonds is 6. The van der Waals surface area contributed by atoms with Crippen LogP contribution in [0.2, 0.25) is 0 Å². The summed E-state index contributed by atoms with van der Waals surface area (Å²) in [6, 6.07) is 7.67. The fourth-order valence-corrected chi connectivity index (χ4v) is 1.66. The van der Waals surface area contributed by atoms with Gasteiger partial charge >= 0.3 is 0 Å². The van der Waals surface area contributed by atoms with Gasteiger partial charge < -0.3 is 15.4 Å². The van der Waals surface area contributed by atoms with Crippen molar-refractivity contribution in [2.75, 3.05) is 32.1 Å². The van der Waals surface area contributed by atoms with E-state index >= 15 is 0 Å². The molecule has 0 unspecified atom stereocenters. The number of hydrogen-bond donors (Lipinski definition) is 2. The highest BCUT2D eigenvalue weighted by Gasteiger charge is 2.03. The normalized spacial score (nSPS) is 10.1. The molecular formula is C11H15IN2O2. The van der Waals surface area contributed by atoms with Gasteiger partial charge in [-0.05, 0) is 34.7 Å². The molecular weight excluding hydrogens is 319 g/mol. The minimum atomic E-state index is -0.0415. The second-order valence-electron chi connectivity index (χ2n) is 3.20. The number of anilines is 1. The van der Waals surface area contributed by atoms with Crippen LogP contribution in [0.3, 0.4) is 0 Å². The number of carbonyl (C=O) groups excluding carboxylic acids is 1. The average Bonchev–Trinajstić information content (AvgIpc) is 2.28. The molecule has 0 fully saturated rings. The van der Waals surface area contributed by atoms with Crippen molar-refractivity contribution in [3.05, 3.63) is 27.8 Å². The Labute approximate surface area is 109 Å². The zero-order valence-corrected chi connectivity index (χ0v) is 11.3. The lowest BCUT2D eigenvalue weighted by Gasteiger charge is -2.07. The van der Waals surface area contributed by atoms with E-state index in [1.807, 2.05) is 24.3 Å². The highest BCUT2D eigenvalue weighted by atomic mass is 127. The van der Waals surface area contributed by atoms with Crippen LogP contribution in [0, 0.1) is 3.57 Å². The highest BCUT2D eigenvalue weighted by molar-refractivity contribution is 14.1. The minimum Gasteiger partial charge on any atom is -0.383 e. The molecule has 0 bridgehead atoms. The van der Waals surface area contributed by atoms with Crippen molar-refractivity contribution < 1.29 is 9.53 Å². The number of benzene rings is 1. The van der Waals surface area contributed by atoms with Gasteiger partial charge in [0.05, 0.1) is 18.8 Å². The fraction of sp³-hybridized carbons (Fsp3) is 0.364. The van der Waals surface area contributed by atoms with Crippen LogP contribution in [0.1, 0.15) is 0 Å². The third-order valence-corrected chi connectivity index (χ3v) is 2.86. The Balaban J connectivity index is 2.32. The van der Waals surface area contributed by atoms with Crippen molar-refractivity contribution in [3.63, 3.8) is 0 Å². The predicted octanol–water partition coefficient (Wildman–Crippen LogP) is 1.47. The van der Waals surface area contributed by atoms with Crippen LogP contribution < -0.4 is 10.6 Å². The quantitative estimate of drug-likeness (QED) is 0.612. The maximum Gasteiger partial charge on any atom is 0.238 e. The lowest BCUT2D eigenvalue weighted by molar-refractivity contribution is -0.115. The van der Waals surface area contributed by atoms with E-state index in [0.717, 1.165) is 9.26 Å². The molecule has 1 amide bonds. The number of para-hydroxylation sites is 1. The minimum absolute atomic E-state index is 0.0415. The summed E-state index contributed by atoms with van der Waals surface area (Å²) < 4.78 is 5.90. The smallest absolute Gasteiger partial charge is 0.238 e. The first-order valence-electron chi connectivity index (χ1n) is 4.98. The Morgan fingerprint density at radius 1 is 1.44 bits per heavy atom. The van der Waals surface area contributed by atoms with Crippen LogP contribution in [0.15, 0.2) is 24.3 Å². The molecule has 1 aromatic rings. The Hall–Kier alpha value is -0.660. The van der Waals surface area contributed by atoms with E-state index < -0.39 is 0 Å². The van der Waals surface area contributed by atoms with E-state index in [2.05, 4.69) is 33.2 Å². The first-order chi connectivity index (χ1) is 7.74. The average molecular weight is 334 g/mol. The van der Waals surface area contributed by atoms with E-state index in [1.54, 1.807) is 7.11 Å². The summed E-state index contributed by atoms with van der Waals surface area (Å²) in [6.45, 7) is 1.58. The number of amides is 1. The van der Waals surface area contributed by atoms with Crippen molar-refractivity contribution in [3.8, 4) is 0 Å². The summed E-state index contributed by atoms with van der Waals surface area (Å²) in [6.07, 6.45) is 0. The predicted molar refractivity (Wildman–Crippen MR) is 72.5 cm³/mol. The summed E-state index contributed by atoms with van der Waals surface area (Å²) in [5.41, 5.74) is 0.849. The number of methoxy groups -OCH3 is 1. The summed E-state index contributed by atoms with van der Waals surface area (Å²) in [7, 11) is 1.63. The van der Waals surface area contributed by atoms with E-state index in [-0.39, 0.29) is 5.91 Å². The molecule has 0 saturated carbocycles. The Kier molecular flexibility index (Phi) is 6.36.